The van der Waals surface area contributed by atoms with Crippen molar-refractivity contribution in [2.75, 3.05) is 4.90 Å². The fourth-order valence-electron chi connectivity index (χ4n) is 10.4. The molecule has 2 aliphatic carbocycles. The van der Waals surface area contributed by atoms with Crippen LogP contribution in [-0.4, -0.2) is 0 Å². The minimum Gasteiger partial charge on any atom is -0.455 e. The van der Waals surface area contributed by atoms with Crippen molar-refractivity contribution in [3.05, 3.63) is 222 Å². The van der Waals surface area contributed by atoms with Gasteiger partial charge in [0.25, 0.3) is 0 Å². The van der Waals surface area contributed by atoms with Gasteiger partial charge in [0.1, 0.15) is 11.2 Å². The van der Waals surface area contributed by atoms with Crippen LogP contribution in [0.3, 0.4) is 0 Å². The molecule has 2 nitrogen and oxygen atoms in total. The molecule has 2 aromatic heterocycles. The molecule has 9 aromatic carbocycles. The monoisotopic (exact) mass is 755 g/mol. The lowest BCUT2D eigenvalue weighted by atomic mass is 9.70. The van der Waals surface area contributed by atoms with Crippen LogP contribution in [0.2, 0.25) is 0 Å². The van der Waals surface area contributed by atoms with Gasteiger partial charge in [-0.3, -0.25) is 0 Å². The quantitative estimate of drug-likeness (QED) is 0.178. The lowest BCUT2D eigenvalue weighted by Crippen LogP contribution is -2.26. The lowest BCUT2D eigenvalue weighted by molar-refractivity contribution is 0.673. The molecule has 0 unspecified atom stereocenters. The third-order valence-corrected chi connectivity index (χ3v) is 13.8. The number of rotatable bonds is 4. The van der Waals surface area contributed by atoms with E-state index in [0.29, 0.717) is 0 Å². The molecule has 1 spiro atoms. The van der Waals surface area contributed by atoms with Crippen molar-refractivity contribution < 1.29 is 4.42 Å². The first-order chi connectivity index (χ1) is 28.8. The molecule has 0 bridgehead atoms. The van der Waals surface area contributed by atoms with Gasteiger partial charge in [-0.25, -0.2) is 0 Å². The Hall–Kier alpha value is -7.20. The second-order valence-corrected chi connectivity index (χ2v) is 16.6. The summed E-state index contributed by atoms with van der Waals surface area (Å²) in [6, 6.07) is 73.6. The molecule has 0 fully saturated rings. The zero-order chi connectivity index (χ0) is 38.0. The number of hydrogen-bond donors (Lipinski definition) is 0. The highest BCUT2D eigenvalue weighted by Gasteiger charge is 2.51. The molecule has 270 valence electrons. The van der Waals surface area contributed by atoms with E-state index in [2.05, 4.69) is 199 Å². The number of nitrogens with zero attached hydrogens (tertiary/aromatic N) is 1. The molecule has 0 amide bonds. The van der Waals surface area contributed by atoms with Gasteiger partial charge in [0.05, 0.1) is 5.41 Å². The number of fused-ring (bicyclic) bond motifs is 17. The molecular weight excluding hydrogens is 723 g/mol. The van der Waals surface area contributed by atoms with E-state index < -0.39 is 5.41 Å². The molecule has 0 aliphatic heterocycles. The van der Waals surface area contributed by atoms with Gasteiger partial charge >= 0.3 is 0 Å². The minimum absolute atomic E-state index is 0.408. The summed E-state index contributed by atoms with van der Waals surface area (Å²) in [4.78, 5) is 2.41. The zero-order valence-corrected chi connectivity index (χ0v) is 32.1. The Labute approximate surface area is 339 Å². The Morgan fingerprint density at radius 2 is 0.948 bits per heavy atom. The first kappa shape index (κ1) is 31.9. The van der Waals surface area contributed by atoms with E-state index in [4.69, 9.17) is 4.42 Å². The van der Waals surface area contributed by atoms with Crippen molar-refractivity contribution >= 4 is 70.5 Å². The largest absolute Gasteiger partial charge is 0.455 e. The summed E-state index contributed by atoms with van der Waals surface area (Å²) in [5, 5.41) is 4.77. The van der Waals surface area contributed by atoms with Crippen molar-refractivity contribution in [3.8, 4) is 33.4 Å². The van der Waals surface area contributed by atoms with E-state index >= 15 is 0 Å². The van der Waals surface area contributed by atoms with E-state index in [0.717, 1.165) is 39.0 Å². The Morgan fingerprint density at radius 3 is 1.67 bits per heavy atom. The molecule has 13 rings (SSSR count). The fraction of sp³-hybridized carbons (Fsp3) is 0.0182. The van der Waals surface area contributed by atoms with Crippen LogP contribution < -0.4 is 4.90 Å². The molecule has 0 atom stereocenters. The molecule has 11 aromatic rings. The first-order valence-corrected chi connectivity index (χ1v) is 20.7. The molecule has 2 heterocycles. The van der Waals surface area contributed by atoms with Crippen LogP contribution in [-0.2, 0) is 5.41 Å². The standard InChI is InChI=1S/C55H33NOS/c1-2-13-35(14-3-1)56(37-29-30-42-41-17-6-10-22-47(41)55(48(42)33-37)45-20-8-4-15-39(45)40-16-5-9-21-46(40)55)36-27-25-34(26-28-36)38-19-12-24-50-52(38)53-51(58-50)32-31-44-43-18-7-11-23-49(43)57-54(44)53/h1-33H. The second-order valence-electron chi connectivity index (χ2n) is 15.5. The summed E-state index contributed by atoms with van der Waals surface area (Å²) in [5.41, 5.74) is 17.8. The highest BCUT2D eigenvalue weighted by Crippen LogP contribution is 2.63. The molecule has 0 N–H and O–H groups in total. The number of thiophene rings is 1. The van der Waals surface area contributed by atoms with Crippen LogP contribution in [0, 0.1) is 0 Å². The van der Waals surface area contributed by atoms with Gasteiger partial charge in [0.2, 0.25) is 0 Å². The van der Waals surface area contributed by atoms with E-state index in [-0.39, 0.29) is 0 Å². The molecule has 58 heavy (non-hydrogen) atoms. The van der Waals surface area contributed by atoms with Gasteiger partial charge in [-0.15, -0.1) is 11.3 Å². The summed E-state index contributed by atoms with van der Waals surface area (Å²) in [6.45, 7) is 0. The number of anilines is 3. The molecule has 0 saturated heterocycles. The van der Waals surface area contributed by atoms with E-state index in [1.54, 1.807) is 0 Å². The summed E-state index contributed by atoms with van der Waals surface area (Å²) in [7, 11) is 0. The van der Waals surface area contributed by atoms with Gasteiger partial charge in [-0.2, -0.15) is 0 Å². The second kappa shape index (κ2) is 11.9. The summed E-state index contributed by atoms with van der Waals surface area (Å²) in [5.74, 6) is 0. The molecular formula is C55H33NOS. The lowest BCUT2D eigenvalue weighted by Gasteiger charge is -2.32. The Bertz CT molecular complexity index is 3400. The van der Waals surface area contributed by atoms with Crippen LogP contribution in [0.4, 0.5) is 17.1 Å². The van der Waals surface area contributed by atoms with E-state index in [9.17, 15) is 0 Å². The van der Waals surface area contributed by atoms with Crippen LogP contribution in [0.1, 0.15) is 22.3 Å². The highest BCUT2D eigenvalue weighted by molar-refractivity contribution is 7.26. The average Bonchev–Trinajstić information content (AvgIpc) is 4.02. The summed E-state index contributed by atoms with van der Waals surface area (Å²) >= 11 is 1.83. The van der Waals surface area contributed by atoms with Crippen LogP contribution >= 0.6 is 11.3 Å². The van der Waals surface area contributed by atoms with Gasteiger partial charge in [0.15, 0.2) is 0 Å². The van der Waals surface area contributed by atoms with Gasteiger partial charge in [-0.05, 0) is 116 Å². The number of para-hydroxylation sites is 2. The van der Waals surface area contributed by atoms with Crippen LogP contribution in [0.25, 0.3) is 75.5 Å². The Balaban J connectivity index is 0.992. The van der Waals surface area contributed by atoms with Crippen molar-refractivity contribution in [1.82, 2.24) is 0 Å². The van der Waals surface area contributed by atoms with Gasteiger partial charge in [0, 0.05) is 48.0 Å². The van der Waals surface area contributed by atoms with E-state index in [1.165, 1.54) is 75.8 Å². The van der Waals surface area contributed by atoms with Crippen LogP contribution in [0.5, 0.6) is 0 Å². The average molecular weight is 756 g/mol. The van der Waals surface area contributed by atoms with Crippen molar-refractivity contribution in [2.45, 2.75) is 5.41 Å². The Morgan fingerprint density at radius 1 is 0.379 bits per heavy atom. The normalized spacial score (nSPS) is 13.3. The van der Waals surface area contributed by atoms with Crippen molar-refractivity contribution in [3.63, 3.8) is 0 Å². The first-order valence-electron chi connectivity index (χ1n) is 19.9. The summed E-state index contributed by atoms with van der Waals surface area (Å²) in [6.07, 6.45) is 0. The van der Waals surface area contributed by atoms with Crippen molar-refractivity contribution in [1.29, 1.82) is 0 Å². The topological polar surface area (TPSA) is 16.4 Å². The zero-order valence-electron chi connectivity index (χ0n) is 31.3. The third-order valence-electron chi connectivity index (χ3n) is 12.7. The Kier molecular flexibility index (Phi) is 6.56. The van der Waals surface area contributed by atoms with Gasteiger partial charge < -0.3 is 9.32 Å². The molecule has 3 heteroatoms. The molecule has 0 saturated carbocycles. The van der Waals surface area contributed by atoms with E-state index in [1.807, 2.05) is 17.4 Å². The maximum Gasteiger partial charge on any atom is 0.144 e. The maximum absolute atomic E-state index is 6.60. The highest BCUT2D eigenvalue weighted by atomic mass is 32.1. The van der Waals surface area contributed by atoms with Crippen LogP contribution in [0.15, 0.2) is 205 Å². The van der Waals surface area contributed by atoms with Crippen molar-refractivity contribution in [2.24, 2.45) is 0 Å². The minimum atomic E-state index is -0.408. The predicted octanol–water partition coefficient (Wildman–Crippen LogP) is 15.4. The number of furan rings is 1. The van der Waals surface area contributed by atoms with Gasteiger partial charge in [-0.1, -0.05) is 140 Å². The molecule has 2 aliphatic rings. The molecule has 0 radical (unpaired) electrons. The SMILES string of the molecule is c1ccc(N(c2ccc(-c3cccc4sc5ccc6c7ccccc7oc6c5c34)cc2)c2ccc3c(c2)C2(c4ccccc4-c4ccccc42)c2ccccc2-3)cc1. The fourth-order valence-corrected chi connectivity index (χ4v) is 11.5. The maximum atomic E-state index is 6.60. The number of hydrogen-bond acceptors (Lipinski definition) is 3. The predicted molar refractivity (Wildman–Crippen MR) is 243 cm³/mol. The number of benzene rings is 9. The summed E-state index contributed by atoms with van der Waals surface area (Å²) < 4.78 is 9.10. The third kappa shape index (κ3) is 4.21. The smallest absolute Gasteiger partial charge is 0.144 e.